The number of carbonyl (C=O) groups is 2. The average molecular weight is 264 g/mol. The Bertz CT molecular complexity index is 428. The molecule has 0 radical (unpaired) electrons. The van der Waals surface area contributed by atoms with E-state index in [0.29, 0.717) is 26.1 Å². The van der Waals surface area contributed by atoms with Crippen LogP contribution in [0.5, 0.6) is 0 Å². The first-order valence-electron chi connectivity index (χ1n) is 6.78. The molecule has 0 aliphatic carbocycles. The molecular formula is C14H20N2O3. The SMILES string of the molecule is CCCCNC(=O)C1CC(=O)N(Cc2ccco2)C1. The van der Waals surface area contributed by atoms with Crippen molar-refractivity contribution in [3.05, 3.63) is 24.2 Å². The van der Waals surface area contributed by atoms with Crippen molar-refractivity contribution in [2.24, 2.45) is 5.92 Å². The van der Waals surface area contributed by atoms with Crippen LogP contribution in [-0.4, -0.2) is 29.8 Å². The molecule has 1 N–H and O–H groups in total. The van der Waals surface area contributed by atoms with Crippen molar-refractivity contribution >= 4 is 11.8 Å². The maximum absolute atomic E-state index is 11.9. The molecule has 2 amide bonds. The first-order chi connectivity index (χ1) is 9.20. The molecule has 0 aromatic carbocycles. The van der Waals surface area contributed by atoms with Gasteiger partial charge in [-0.2, -0.15) is 0 Å². The maximum Gasteiger partial charge on any atom is 0.225 e. The molecular weight excluding hydrogens is 244 g/mol. The smallest absolute Gasteiger partial charge is 0.225 e. The van der Waals surface area contributed by atoms with Crippen LogP contribution in [0.25, 0.3) is 0 Å². The third-order valence-corrected chi connectivity index (χ3v) is 3.34. The molecule has 1 saturated heterocycles. The van der Waals surface area contributed by atoms with E-state index in [1.165, 1.54) is 0 Å². The van der Waals surface area contributed by atoms with Crippen LogP contribution in [0, 0.1) is 5.92 Å². The van der Waals surface area contributed by atoms with Crippen LogP contribution >= 0.6 is 0 Å². The summed E-state index contributed by atoms with van der Waals surface area (Å²) in [6.45, 7) is 3.70. The van der Waals surface area contributed by atoms with Crippen molar-refractivity contribution in [3.63, 3.8) is 0 Å². The Morgan fingerprint density at radius 1 is 1.58 bits per heavy atom. The van der Waals surface area contributed by atoms with Crippen LogP contribution in [0.3, 0.4) is 0 Å². The van der Waals surface area contributed by atoms with Gasteiger partial charge in [0.25, 0.3) is 0 Å². The van der Waals surface area contributed by atoms with E-state index in [1.54, 1.807) is 17.2 Å². The average Bonchev–Trinajstić information content (AvgIpc) is 3.01. The van der Waals surface area contributed by atoms with E-state index in [1.807, 2.05) is 6.07 Å². The van der Waals surface area contributed by atoms with Gasteiger partial charge in [0.2, 0.25) is 11.8 Å². The minimum absolute atomic E-state index is 0.0104. The van der Waals surface area contributed by atoms with E-state index < -0.39 is 0 Å². The van der Waals surface area contributed by atoms with Crippen LogP contribution < -0.4 is 5.32 Å². The molecule has 5 heteroatoms. The monoisotopic (exact) mass is 264 g/mol. The van der Waals surface area contributed by atoms with E-state index >= 15 is 0 Å². The van der Waals surface area contributed by atoms with Gasteiger partial charge in [0.15, 0.2) is 0 Å². The molecule has 1 aliphatic heterocycles. The predicted molar refractivity (Wildman–Crippen MR) is 70.1 cm³/mol. The number of rotatable bonds is 6. The van der Waals surface area contributed by atoms with Crippen LogP contribution in [0.4, 0.5) is 0 Å². The number of carbonyl (C=O) groups excluding carboxylic acids is 2. The topological polar surface area (TPSA) is 62.6 Å². The summed E-state index contributed by atoms with van der Waals surface area (Å²) in [4.78, 5) is 25.4. The molecule has 1 aromatic rings. The summed E-state index contributed by atoms with van der Waals surface area (Å²) >= 11 is 0. The Morgan fingerprint density at radius 3 is 3.11 bits per heavy atom. The number of hydrogen-bond donors (Lipinski definition) is 1. The third-order valence-electron chi connectivity index (χ3n) is 3.34. The van der Waals surface area contributed by atoms with Gasteiger partial charge in [0.1, 0.15) is 5.76 Å². The van der Waals surface area contributed by atoms with Crippen LogP contribution in [0.15, 0.2) is 22.8 Å². The lowest BCUT2D eigenvalue weighted by molar-refractivity contribution is -0.129. The summed E-state index contributed by atoms with van der Waals surface area (Å²) in [6.07, 6.45) is 3.92. The summed E-state index contributed by atoms with van der Waals surface area (Å²) in [6, 6.07) is 3.63. The largest absolute Gasteiger partial charge is 0.467 e. The molecule has 0 saturated carbocycles. The Labute approximate surface area is 113 Å². The van der Waals surface area contributed by atoms with Crippen LogP contribution in [0.1, 0.15) is 31.9 Å². The lowest BCUT2D eigenvalue weighted by atomic mass is 10.1. The first-order valence-corrected chi connectivity index (χ1v) is 6.78. The summed E-state index contributed by atoms with van der Waals surface area (Å²) in [5.74, 6) is 0.537. The van der Waals surface area contributed by atoms with Gasteiger partial charge in [-0.05, 0) is 18.6 Å². The second-order valence-electron chi connectivity index (χ2n) is 4.90. The van der Waals surface area contributed by atoms with Crippen molar-refractivity contribution in [3.8, 4) is 0 Å². The van der Waals surface area contributed by atoms with Crippen molar-refractivity contribution in [1.82, 2.24) is 10.2 Å². The van der Waals surface area contributed by atoms with Crippen molar-refractivity contribution < 1.29 is 14.0 Å². The number of likely N-dealkylation sites (tertiary alicyclic amines) is 1. The van der Waals surface area contributed by atoms with Crippen LogP contribution in [-0.2, 0) is 16.1 Å². The van der Waals surface area contributed by atoms with Crippen LogP contribution in [0.2, 0.25) is 0 Å². The van der Waals surface area contributed by atoms with Gasteiger partial charge in [-0.15, -0.1) is 0 Å². The van der Waals surface area contributed by atoms with E-state index in [2.05, 4.69) is 12.2 Å². The zero-order valence-electron chi connectivity index (χ0n) is 11.2. The van der Waals surface area contributed by atoms with Crippen molar-refractivity contribution in [2.45, 2.75) is 32.7 Å². The summed E-state index contributed by atoms with van der Waals surface area (Å²) in [5, 5.41) is 2.88. The summed E-state index contributed by atoms with van der Waals surface area (Å²) in [5.41, 5.74) is 0. The lowest BCUT2D eigenvalue weighted by Gasteiger charge is -2.15. The first kappa shape index (κ1) is 13.6. The number of furan rings is 1. The fourth-order valence-corrected chi connectivity index (χ4v) is 2.22. The van der Waals surface area contributed by atoms with E-state index in [9.17, 15) is 9.59 Å². The third kappa shape index (κ3) is 3.59. The van der Waals surface area contributed by atoms with Gasteiger partial charge in [0, 0.05) is 19.5 Å². The van der Waals surface area contributed by atoms with Gasteiger partial charge >= 0.3 is 0 Å². The molecule has 2 rings (SSSR count). The van der Waals surface area contributed by atoms with Gasteiger partial charge < -0.3 is 14.6 Å². The number of amides is 2. The van der Waals surface area contributed by atoms with Gasteiger partial charge in [-0.3, -0.25) is 9.59 Å². The molecule has 104 valence electrons. The summed E-state index contributed by atoms with van der Waals surface area (Å²) in [7, 11) is 0. The normalized spacial score (nSPS) is 18.9. The van der Waals surface area contributed by atoms with Crippen molar-refractivity contribution in [1.29, 1.82) is 0 Å². The highest BCUT2D eigenvalue weighted by Crippen LogP contribution is 2.20. The number of nitrogens with one attached hydrogen (secondary N) is 1. The molecule has 19 heavy (non-hydrogen) atoms. The molecule has 1 unspecified atom stereocenters. The van der Waals surface area contributed by atoms with E-state index in [0.717, 1.165) is 18.6 Å². The minimum Gasteiger partial charge on any atom is -0.467 e. The minimum atomic E-state index is -0.223. The second-order valence-corrected chi connectivity index (χ2v) is 4.90. The van der Waals surface area contributed by atoms with Crippen molar-refractivity contribution in [2.75, 3.05) is 13.1 Å². The molecule has 1 aliphatic rings. The van der Waals surface area contributed by atoms with Gasteiger partial charge in [-0.25, -0.2) is 0 Å². The second kappa shape index (κ2) is 6.41. The zero-order chi connectivity index (χ0) is 13.7. The summed E-state index contributed by atoms with van der Waals surface area (Å²) < 4.78 is 5.22. The van der Waals surface area contributed by atoms with Gasteiger partial charge in [0.05, 0.1) is 18.7 Å². The maximum atomic E-state index is 11.9. The van der Waals surface area contributed by atoms with E-state index in [4.69, 9.17) is 4.42 Å². The highest BCUT2D eigenvalue weighted by atomic mass is 16.3. The number of hydrogen-bond acceptors (Lipinski definition) is 3. The molecule has 1 fully saturated rings. The fraction of sp³-hybridized carbons (Fsp3) is 0.571. The Balaban J connectivity index is 1.83. The highest BCUT2D eigenvalue weighted by molar-refractivity contribution is 5.89. The standard InChI is InChI=1S/C14H20N2O3/c1-2-3-6-15-14(18)11-8-13(17)16(9-11)10-12-5-4-7-19-12/h4-5,7,11H,2-3,6,8-10H2,1H3,(H,15,18). The number of nitrogens with zero attached hydrogens (tertiary/aromatic N) is 1. The number of unbranched alkanes of at least 4 members (excludes halogenated alkanes) is 1. The van der Waals surface area contributed by atoms with Gasteiger partial charge in [-0.1, -0.05) is 13.3 Å². The Morgan fingerprint density at radius 2 is 2.42 bits per heavy atom. The Hall–Kier alpha value is -1.78. The zero-order valence-corrected chi connectivity index (χ0v) is 11.2. The quantitative estimate of drug-likeness (QED) is 0.793. The molecule has 0 bridgehead atoms. The highest BCUT2D eigenvalue weighted by Gasteiger charge is 2.34. The predicted octanol–water partition coefficient (Wildman–Crippen LogP) is 1.54. The Kier molecular flexibility index (Phi) is 4.60. The fourth-order valence-electron chi connectivity index (χ4n) is 2.22. The van der Waals surface area contributed by atoms with E-state index in [-0.39, 0.29) is 17.7 Å². The molecule has 5 nitrogen and oxygen atoms in total. The molecule has 0 spiro atoms. The molecule has 1 aromatic heterocycles. The molecule has 1 atom stereocenters. The lowest BCUT2D eigenvalue weighted by Crippen LogP contribution is -2.33. The molecule has 2 heterocycles.